The lowest BCUT2D eigenvalue weighted by atomic mass is 10.1. The van der Waals surface area contributed by atoms with E-state index in [2.05, 4.69) is 15.6 Å². The van der Waals surface area contributed by atoms with Crippen molar-refractivity contribution in [2.75, 3.05) is 11.9 Å². The number of thiocarbonyl (C=S) groups is 1. The van der Waals surface area contributed by atoms with Crippen LogP contribution >= 0.6 is 12.2 Å². The first kappa shape index (κ1) is 20.6. The zero-order valence-electron chi connectivity index (χ0n) is 13.2. The Morgan fingerprint density at radius 3 is 2.36 bits per heavy atom. The molecule has 0 amide bonds. The van der Waals surface area contributed by atoms with Gasteiger partial charge >= 0.3 is 5.97 Å². The molecule has 138 valence electrons. The number of nitrogens with two attached hydrogens (primary N) is 3. The highest BCUT2D eigenvalue weighted by molar-refractivity contribution is 7.89. The number of anilines is 1. The summed E-state index contributed by atoms with van der Waals surface area (Å²) in [5.74, 6) is -1.13. The standard InChI is InChI=1S/C13H20N6O4S2/c14-12(15)17-7-1-2-10(11(20)21)19-13(24)18-8-3-5-9(6-4-8)25(16,22)23/h3-6,10H,1-2,7H2,(H,20,21)(H4,14,15,17)(H2,16,22,23)(H2,18,19,24). The highest BCUT2D eigenvalue weighted by atomic mass is 32.2. The minimum Gasteiger partial charge on any atom is -0.480 e. The van der Waals surface area contributed by atoms with Crippen molar-refractivity contribution in [2.45, 2.75) is 23.8 Å². The number of primary sulfonamides is 1. The number of carboxylic acids is 1. The number of benzene rings is 1. The van der Waals surface area contributed by atoms with E-state index in [1.165, 1.54) is 24.3 Å². The molecule has 0 aromatic heterocycles. The number of carbonyl (C=O) groups is 1. The van der Waals surface area contributed by atoms with E-state index in [1.54, 1.807) is 0 Å². The quantitative estimate of drug-likeness (QED) is 0.142. The van der Waals surface area contributed by atoms with Crippen LogP contribution in [0.1, 0.15) is 12.8 Å². The number of aliphatic imine (C=N–C) groups is 1. The maximum atomic E-state index is 11.3. The maximum absolute atomic E-state index is 11.3. The maximum Gasteiger partial charge on any atom is 0.326 e. The molecule has 0 aliphatic heterocycles. The monoisotopic (exact) mass is 388 g/mol. The highest BCUT2D eigenvalue weighted by Crippen LogP contribution is 2.12. The van der Waals surface area contributed by atoms with Gasteiger partial charge in [-0.05, 0) is 49.3 Å². The molecule has 9 N–H and O–H groups in total. The summed E-state index contributed by atoms with van der Waals surface area (Å²) in [5, 5.41) is 19.7. The SMILES string of the molecule is NC(N)=NCCCC(NC(=S)Nc1ccc(S(N)(=O)=O)cc1)C(=O)O. The van der Waals surface area contributed by atoms with Gasteiger partial charge in [-0.15, -0.1) is 0 Å². The molecule has 1 aromatic rings. The number of sulfonamides is 1. The van der Waals surface area contributed by atoms with Crippen molar-refractivity contribution in [3.63, 3.8) is 0 Å². The van der Waals surface area contributed by atoms with E-state index in [0.717, 1.165) is 0 Å². The molecule has 1 unspecified atom stereocenters. The van der Waals surface area contributed by atoms with Crippen molar-refractivity contribution in [3.05, 3.63) is 24.3 Å². The van der Waals surface area contributed by atoms with Crippen LogP contribution in [-0.4, -0.2) is 43.2 Å². The first-order chi connectivity index (χ1) is 11.6. The molecule has 1 rings (SSSR count). The van der Waals surface area contributed by atoms with Crippen molar-refractivity contribution < 1.29 is 18.3 Å². The van der Waals surface area contributed by atoms with Crippen molar-refractivity contribution in [3.8, 4) is 0 Å². The number of nitrogens with one attached hydrogen (secondary N) is 2. The molecule has 25 heavy (non-hydrogen) atoms. The molecule has 0 aliphatic carbocycles. The number of hydrogen-bond donors (Lipinski definition) is 6. The Labute approximate surface area is 150 Å². The number of carboxylic acid groups (broad SMARTS) is 1. The predicted octanol–water partition coefficient (Wildman–Crippen LogP) is -0.873. The molecule has 12 heteroatoms. The summed E-state index contributed by atoms with van der Waals surface area (Å²) in [6.45, 7) is 0.309. The normalized spacial score (nSPS) is 12.0. The molecule has 0 saturated carbocycles. The molecule has 1 atom stereocenters. The average molecular weight is 388 g/mol. The molecular weight excluding hydrogens is 368 g/mol. The summed E-state index contributed by atoms with van der Waals surface area (Å²) in [7, 11) is -3.78. The fourth-order valence-electron chi connectivity index (χ4n) is 1.81. The van der Waals surface area contributed by atoms with E-state index >= 15 is 0 Å². The summed E-state index contributed by atoms with van der Waals surface area (Å²) in [4.78, 5) is 15.0. The number of guanidine groups is 1. The molecular formula is C13H20N6O4S2. The molecule has 0 saturated heterocycles. The average Bonchev–Trinajstić information content (AvgIpc) is 2.49. The van der Waals surface area contributed by atoms with E-state index in [4.69, 9.17) is 28.8 Å². The second-order valence-corrected chi connectivity index (χ2v) is 6.98. The van der Waals surface area contributed by atoms with Gasteiger partial charge in [0.05, 0.1) is 4.90 Å². The van der Waals surface area contributed by atoms with Gasteiger partial charge in [-0.1, -0.05) is 0 Å². The summed E-state index contributed by atoms with van der Waals surface area (Å²) in [6.07, 6.45) is 0.714. The minimum atomic E-state index is -3.78. The van der Waals surface area contributed by atoms with Crippen LogP contribution in [0.3, 0.4) is 0 Å². The topological polar surface area (TPSA) is 186 Å². The number of hydrogen-bond acceptors (Lipinski definition) is 5. The molecule has 0 aliphatic rings. The van der Waals surface area contributed by atoms with Gasteiger partial charge in [0.1, 0.15) is 6.04 Å². The lowest BCUT2D eigenvalue weighted by Crippen LogP contribution is -2.43. The molecule has 0 heterocycles. The van der Waals surface area contributed by atoms with Crippen LogP contribution in [0, 0.1) is 0 Å². The molecule has 0 bridgehead atoms. The molecule has 0 spiro atoms. The van der Waals surface area contributed by atoms with Crippen molar-refractivity contribution >= 4 is 45.0 Å². The first-order valence-electron chi connectivity index (χ1n) is 7.08. The van der Waals surface area contributed by atoms with Crippen molar-refractivity contribution in [2.24, 2.45) is 21.6 Å². The van der Waals surface area contributed by atoms with Gasteiger partial charge in [0.2, 0.25) is 10.0 Å². The number of aliphatic carboxylic acids is 1. The third kappa shape index (κ3) is 7.78. The lowest BCUT2D eigenvalue weighted by Gasteiger charge is -2.17. The van der Waals surface area contributed by atoms with Gasteiger partial charge in [0.25, 0.3) is 0 Å². The van der Waals surface area contributed by atoms with Crippen LogP contribution in [0.4, 0.5) is 5.69 Å². The fraction of sp³-hybridized carbons (Fsp3) is 0.308. The smallest absolute Gasteiger partial charge is 0.326 e. The summed E-state index contributed by atoms with van der Waals surface area (Å²) in [5.41, 5.74) is 10.9. The molecule has 0 radical (unpaired) electrons. The van der Waals surface area contributed by atoms with Gasteiger partial charge in [0.15, 0.2) is 11.1 Å². The zero-order valence-corrected chi connectivity index (χ0v) is 14.8. The predicted molar refractivity (Wildman–Crippen MR) is 98.5 cm³/mol. The Bertz CT molecular complexity index is 744. The van der Waals surface area contributed by atoms with Crippen molar-refractivity contribution in [1.29, 1.82) is 0 Å². The van der Waals surface area contributed by atoms with Crippen LogP contribution in [0.2, 0.25) is 0 Å². The second kappa shape index (κ2) is 9.15. The summed E-state index contributed by atoms with van der Waals surface area (Å²) < 4.78 is 22.4. The van der Waals surface area contributed by atoms with Crippen LogP contribution in [0.5, 0.6) is 0 Å². The minimum absolute atomic E-state index is 0.0416. The van der Waals surface area contributed by atoms with Gasteiger partial charge in [-0.25, -0.2) is 18.4 Å². The lowest BCUT2D eigenvalue weighted by molar-refractivity contribution is -0.139. The van der Waals surface area contributed by atoms with Crippen LogP contribution in [-0.2, 0) is 14.8 Å². The summed E-state index contributed by atoms with van der Waals surface area (Å²) in [6, 6.07) is 4.62. The van der Waals surface area contributed by atoms with E-state index in [9.17, 15) is 18.3 Å². The largest absolute Gasteiger partial charge is 0.480 e. The van der Waals surface area contributed by atoms with Crippen LogP contribution in [0.25, 0.3) is 0 Å². The van der Waals surface area contributed by atoms with Gasteiger partial charge in [-0.2, -0.15) is 0 Å². The third-order valence-electron chi connectivity index (χ3n) is 2.99. The van der Waals surface area contributed by atoms with E-state index < -0.39 is 22.0 Å². The third-order valence-corrected chi connectivity index (χ3v) is 4.14. The Kier molecular flexibility index (Phi) is 7.54. The fourth-order valence-corrected chi connectivity index (χ4v) is 2.59. The van der Waals surface area contributed by atoms with Crippen LogP contribution in [0.15, 0.2) is 34.2 Å². The number of nitrogens with zero attached hydrogens (tertiary/aromatic N) is 1. The zero-order chi connectivity index (χ0) is 19.0. The van der Waals surface area contributed by atoms with Gasteiger partial charge in [0, 0.05) is 12.2 Å². The van der Waals surface area contributed by atoms with Crippen molar-refractivity contribution in [1.82, 2.24) is 5.32 Å². The number of rotatable bonds is 8. The van der Waals surface area contributed by atoms with Gasteiger partial charge in [-0.3, -0.25) is 4.99 Å². The Balaban J connectivity index is 2.60. The Morgan fingerprint density at radius 2 is 1.88 bits per heavy atom. The first-order valence-corrected chi connectivity index (χ1v) is 9.03. The molecule has 0 fully saturated rings. The van der Waals surface area contributed by atoms with E-state index in [0.29, 0.717) is 18.7 Å². The molecule has 10 nitrogen and oxygen atoms in total. The van der Waals surface area contributed by atoms with E-state index in [1.807, 2.05) is 0 Å². The van der Waals surface area contributed by atoms with E-state index in [-0.39, 0.29) is 22.4 Å². The van der Waals surface area contributed by atoms with Crippen LogP contribution < -0.4 is 27.2 Å². The highest BCUT2D eigenvalue weighted by Gasteiger charge is 2.18. The van der Waals surface area contributed by atoms with Gasteiger partial charge < -0.3 is 27.2 Å². The second-order valence-electron chi connectivity index (χ2n) is 5.01. The summed E-state index contributed by atoms with van der Waals surface area (Å²) >= 11 is 5.06. The Morgan fingerprint density at radius 1 is 1.28 bits per heavy atom. The molecule has 1 aromatic carbocycles. The Hall–Kier alpha value is -2.44.